The second kappa shape index (κ2) is 8.03. The Morgan fingerprint density at radius 2 is 1.83 bits per heavy atom. The van der Waals surface area contributed by atoms with Crippen LogP contribution in [-0.2, 0) is 6.42 Å². The van der Waals surface area contributed by atoms with Gasteiger partial charge in [-0.05, 0) is 24.1 Å². The first-order valence-corrected chi connectivity index (χ1v) is 7.46. The fourth-order valence-electron chi connectivity index (χ4n) is 2.13. The molecular weight excluding hydrogens is 290 g/mol. The van der Waals surface area contributed by atoms with Gasteiger partial charge in [-0.15, -0.1) is 0 Å². The van der Waals surface area contributed by atoms with Gasteiger partial charge < -0.3 is 14.8 Å². The molecule has 0 aromatic heterocycles. The van der Waals surface area contributed by atoms with Crippen molar-refractivity contribution < 1.29 is 14.3 Å². The van der Waals surface area contributed by atoms with Gasteiger partial charge in [0.25, 0.3) is 0 Å². The lowest BCUT2D eigenvalue weighted by molar-refractivity contribution is 0.104. The number of anilines is 1. The normalized spacial score (nSPS) is 10.6. The maximum Gasteiger partial charge on any atom is 0.187 e. The van der Waals surface area contributed by atoms with Crippen LogP contribution in [0.4, 0.5) is 5.69 Å². The van der Waals surface area contributed by atoms with Crippen molar-refractivity contribution >= 4 is 11.5 Å². The summed E-state index contributed by atoms with van der Waals surface area (Å²) >= 11 is 0. The lowest BCUT2D eigenvalue weighted by Gasteiger charge is -2.09. The van der Waals surface area contributed by atoms with Crippen molar-refractivity contribution in [2.75, 3.05) is 19.5 Å². The van der Waals surface area contributed by atoms with E-state index in [1.165, 1.54) is 11.6 Å². The summed E-state index contributed by atoms with van der Waals surface area (Å²) < 4.78 is 10.4. The molecule has 23 heavy (non-hydrogen) atoms. The third-order valence-electron chi connectivity index (χ3n) is 3.53. The van der Waals surface area contributed by atoms with Crippen LogP contribution in [-0.4, -0.2) is 20.0 Å². The van der Waals surface area contributed by atoms with E-state index in [1.807, 2.05) is 36.4 Å². The highest BCUT2D eigenvalue weighted by Gasteiger charge is 2.04. The van der Waals surface area contributed by atoms with Crippen LogP contribution in [0.5, 0.6) is 11.5 Å². The van der Waals surface area contributed by atoms with Gasteiger partial charge >= 0.3 is 0 Å². The average Bonchev–Trinajstić information content (AvgIpc) is 2.61. The average molecular weight is 311 g/mol. The number of hydrogen-bond donors (Lipinski definition) is 1. The van der Waals surface area contributed by atoms with E-state index in [1.54, 1.807) is 26.5 Å². The summed E-state index contributed by atoms with van der Waals surface area (Å²) in [7, 11) is 3.19. The molecule has 0 bridgehead atoms. The molecule has 2 rings (SSSR count). The number of nitrogens with one attached hydrogen (secondary N) is 1. The standard InChI is InChI=1S/C19H21NO3/c1-4-14-5-7-15(8-6-14)18(21)11-12-20-17-10-9-16(22-2)13-19(17)23-3/h5-13,20H,4H2,1-3H3/b12-11+. The molecule has 0 saturated heterocycles. The fraction of sp³-hybridized carbons (Fsp3) is 0.211. The summed E-state index contributed by atoms with van der Waals surface area (Å²) in [5.41, 5.74) is 2.65. The molecule has 120 valence electrons. The Morgan fingerprint density at radius 1 is 1.09 bits per heavy atom. The summed E-state index contributed by atoms with van der Waals surface area (Å²) in [5, 5.41) is 3.06. The first-order chi connectivity index (χ1) is 11.2. The van der Waals surface area contributed by atoms with E-state index in [9.17, 15) is 4.79 Å². The molecule has 0 amide bonds. The van der Waals surface area contributed by atoms with Gasteiger partial charge in [0, 0.05) is 23.9 Å². The van der Waals surface area contributed by atoms with Crippen LogP contribution in [0.1, 0.15) is 22.8 Å². The first kappa shape index (κ1) is 16.6. The minimum Gasteiger partial charge on any atom is -0.497 e. The Balaban J connectivity index is 2.04. The molecule has 0 saturated carbocycles. The SMILES string of the molecule is CCc1ccc(C(=O)/C=C/Nc2ccc(OC)cc2OC)cc1. The second-order valence-electron chi connectivity index (χ2n) is 4.96. The molecule has 4 nitrogen and oxygen atoms in total. The van der Waals surface area contributed by atoms with E-state index >= 15 is 0 Å². The molecule has 0 heterocycles. The summed E-state index contributed by atoms with van der Waals surface area (Å²) in [6.45, 7) is 2.09. The largest absolute Gasteiger partial charge is 0.497 e. The quantitative estimate of drug-likeness (QED) is 0.618. The molecule has 0 aliphatic rings. The third kappa shape index (κ3) is 4.36. The molecule has 2 aromatic carbocycles. The van der Waals surface area contributed by atoms with E-state index in [0.717, 1.165) is 12.1 Å². The molecule has 0 radical (unpaired) electrons. The van der Waals surface area contributed by atoms with E-state index in [0.29, 0.717) is 17.1 Å². The van der Waals surface area contributed by atoms with Gasteiger partial charge in [-0.2, -0.15) is 0 Å². The predicted octanol–water partition coefficient (Wildman–Crippen LogP) is 4.07. The maximum atomic E-state index is 12.1. The number of ether oxygens (including phenoxy) is 2. The van der Waals surface area contributed by atoms with Crippen LogP contribution in [0.2, 0.25) is 0 Å². The van der Waals surface area contributed by atoms with Crippen molar-refractivity contribution in [1.82, 2.24) is 0 Å². The summed E-state index contributed by atoms with van der Waals surface area (Å²) in [4.78, 5) is 12.1. The number of rotatable bonds is 7. The van der Waals surface area contributed by atoms with Gasteiger partial charge in [-0.25, -0.2) is 0 Å². The lowest BCUT2D eigenvalue weighted by atomic mass is 10.1. The first-order valence-electron chi connectivity index (χ1n) is 7.46. The Hall–Kier alpha value is -2.75. The van der Waals surface area contributed by atoms with Crippen LogP contribution in [0.25, 0.3) is 0 Å². The molecule has 0 aliphatic heterocycles. The Labute approximate surface area is 136 Å². The Morgan fingerprint density at radius 3 is 2.43 bits per heavy atom. The molecule has 0 fully saturated rings. The van der Waals surface area contributed by atoms with Crippen molar-refractivity contribution in [2.24, 2.45) is 0 Å². The molecule has 0 spiro atoms. The monoisotopic (exact) mass is 311 g/mol. The van der Waals surface area contributed by atoms with Crippen molar-refractivity contribution in [3.8, 4) is 11.5 Å². The Kier molecular flexibility index (Phi) is 5.80. The smallest absolute Gasteiger partial charge is 0.187 e. The Bertz CT molecular complexity index is 690. The van der Waals surface area contributed by atoms with Crippen molar-refractivity contribution in [2.45, 2.75) is 13.3 Å². The summed E-state index contributed by atoms with van der Waals surface area (Å²) in [5.74, 6) is 1.31. The minimum atomic E-state index is -0.0485. The molecule has 0 unspecified atom stereocenters. The molecular formula is C19H21NO3. The van der Waals surface area contributed by atoms with Crippen LogP contribution in [0, 0.1) is 0 Å². The van der Waals surface area contributed by atoms with Gasteiger partial charge in [-0.3, -0.25) is 4.79 Å². The number of carbonyl (C=O) groups is 1. The van der Waals surface area contributed by atoms with Gasteiger partial charge in [-0.1, -0.05) is 31.2 Å². The second-order valence-corrected chi connectivity index (χ2v) is 4.96. The zero-order valence-electron chi connectivity index (χ0n) is 13.6. The maximum absolute atomic E-state index is 12.1. The predicted molar refractivity (Wildman–Crippen MR) is 92.5 cm³/mol. The minimum absolute atomic E-state index is 0.0485. The van der Waals surface area contributed by atoms with Crippen LogP contribution in [0.15, 0.2) is 54.7 Å². The van der Waals surface area contributed by atoms with Crippen LogP contribution >= 0.6 is 0 Å². The zero-order valence-corrected chi connectivity index (χ0v) is 13.6. The van der Waals surface area contributed by atoms with E-state index in [2.05, 4.69) is 12.2 Å². The number of hydrogen-bond acceptors (Lipinski definition) is 4. The number of allylic oxidation sites excluding steroid dienone is 1. The number of carbonyl (C=O) groups excluding carboxylic acids is 1. The fourth-order valence-corrected chi connectivity index (χ4v) is 2.13. The van der Waals surface area contributed by atoms with Crippen molar-refractivity contribution in [3.63, 3.8) is 0 Å². The number of ketones is 1. The molecule has 0 atom stereocenters. The van der Waals surface area contributed by atoms with Crippen molar-refractivity contribution in [1.29, 1.82) is 0 Å². The number of benzene rings is 2. The highest BCUT2D eigenvalue weighted by molar-refractivity contribution is 6.04. The molecule has 0 aliphatic carbocycles. The van der Waals surface area contributed by atoms with Crippen LogP contribution in [0.3, 0.4) is 0 Å². The highest BCUT2D eigenvalue weighted by Crippen LogP contribution is 2.28. The molecule has 1 N–H and O–H groups in total. The van der Waals surface area contributed by atoms with E-state index in [4.69, 9.17) is 9.47 Å². The van der Waals surface area contributed by atoms with Gasteiger partial charge in [0.05, 0.1) is 19.9 Å². The number of aryl methyl sites for hydroxylation is 1. The van der Waals surface area contributed by atoms with E-state index < -0.39 is 0 Å². The number of methoxy groups -OCH3 is 2. The van der Waals surface area contributed by atoms with Gasteiger partial charge in [0.1, 0.15) is 11.5 Å². The summed E-state index contributed by atoms with van der Waals surface area (Å²) in [6, 6.07) is 13.1. The molecule has 4 heteroatoms. The van der Waals surface area contributed by atoms with Gasteiger partial charge in [0.2, 0.25) is 0 Å². The van der Waals surface area contributed by atoms with Crippen LogP contribution < -0.4 is 14.8 Å². The highest BCUT2D eigenvalue weighted by atomic mass is 16.5. The topological polar surface area (TPSA) is 47.6 Å². The summed E-state index contributed by atoms with van der Waals surface area (Å²) in [6.07, 6.45) is 4.08. The third-order valence-corrected chi connectivity index (χ3v) is 3.53. The van der Waals surface area contributed by atoms with Gasteiger partial charge in [0.15, 0.2) is 5.78 Å². The van der Waals surface area contributed by atoms with Crippen molar-refractivity contribution in [3.05, 3.63) is 65.9 Å². The zero-order chi connectivity index (χ0) is 16.7. The van der Waals surface area contributed by atoms with E-state index in [-0.39, 0.29) is 5.78 Å². The molecule has 2 aromatic rings. The lowest BCUT2D eigenvalue weighted by Crippen LogP contribution is -1.98.